The maximum atomic E-state index is 10.9. The SMILES string of the molecule is CC(CCCc1ccccc1)C(=O)S. The standard InChI is InChI=1S/C12H16OS/c1-10(12(13)14)6-5-9-11-7-3-2-4-8-11/h2-4,7-8,10H,5-6,9H2,1H3,(H,13,14). The van der Waals surface area contributed by atoms with Gasteiger partial charge in [0.1, 0.15) is 0 Å². The number of carbonyl (C=O) groups is 1. The Kier molecular flexibility index (Phi) is 4.74. The van der Waals surface area contributed by atoms with Crippen molar-refractivity contribution in [3.63, 3.8) is 0 Å². The van der Waals surface area contributed by atoms with Gasteiger partial charge in [-0.2, -0.15) is 0 Å². The maximum absolute atomic E-state index is 10.9. The minimum absolute atomic E-state index is 0.00179. The van der Waals surface area contributed by atoms with Crippen molar-refractivity contribution in [1.82, 2.24) is 0 Å². The molecule has 1 nitrogen and oxygen atoms in total. The molecule has 0 aliphatic carbocycles. The first-order valence-corrected chi connectivity index (χ1v) is 5.41. The summed E-state index contributed by atoms with van der Waals surface area (Å²) in [6.45, 7) is 1.93. The molecule has 76 valence electrons. The van der Waals surface area contributed by atoms with Crippen molar-refractivity contribution in [2.45, 2.75) is 26.2 Å². The summed E-state index contributed by atoms with van der Waals surface area (Å²) in [6.07, 6.45) is 3.03. The third-order valence-corrected chi connectivity index (χ3v) is 2.81. The summed E-state index contributed by atoms with van der Waals surface area (Å²) in [4.78, 5) is 10.9. The Morgan fingerprint density at radius 2 is 2.00 bits per heavy atom. The quantitative estimate of drug-likeness (QED) is 0.736. The van der Waals surface area contributed by atoms with Crippen LogP contribution >= 0.6 is 12.6 Å². The smallest absolute Gasteiger partial charge is 0.188 e. The molecule has 0 N–H and O–H groups in total. The van der Waals surface area contributed by atoms with E-state index in [1.807, 2.05) is 25.1 Å². The molecule has 0 fully saturated rings. The molecule has 1 atom stereocenters. The third kappa shape index (κ3) is 3.97. The number of hydrogen-bond donors (Lipinski definition) is 1. The van der Waals surface area contributed by atoms with E-state index in [1.165, 1.54) is 5.56 Å². The van der Waals surface area contributed by atoms with Crippen molar-refractivity contribution in [3.8, 4) is 0 Å². The van der Waals surface area contributed by atoms with Crippen LogP contribution in [0.5, 0.6) is 0 Å². The van der Waals surface area contributed by atoms with Crippen LogP contribution in [0.2, 0.25) is 0 Å². The Morgan fingerprint density at radius 3 is 2.57 bits per heavy atom. The molecular formula is C12H16OS. The minimum atomic E-state index is -0.00179. The molecule has 0 bridgehead atoms. The van der Waals surface area contributed by atoms with Crippen LogP contribution in [0.3, 0.4) is 0 Å². The highest BCUT2D eigenvalue weighted by molar-refractivity contribution is 7.96. The van der Waals surface area contributed by atoms with Crippen LogP contribution in [0, 0.1) is 5.92 Å². The van der Waals surface area contributed by atoms with Crippen molar-refractivity contribution in [1.29, 1.82) is 0 Å². The van der Waals surface area contributed by atoms with Gasteiger partial charge in [-0.3, -0.25) is 4.79 Å². The summed E-state index contributed by atoms with van der Waals surface area (Å²) in [6, 6.07) is 10.3. The summed E-state index contributed by atoms with van der Waals surface area (Å²) < 4.78 is 0. The number of benzene rings is 1. The van der Waals surface area contributed by atoms with E-state index in [1.54, 1.807) is 0 Å². The predicted molar refractivity (Wildman–Crippen MR) is 62.5 cm³/mol. The number of thiol groups is 1. The van der Waals surface area contributed by atoms with Gasteiger partial charge in [0.25, 0.3) is 0 Å². The summed E-state index contributed by atoms with van der Waals surface area (Å²) in [5, 5.41) is -0.00179. The van der Waals surface area contributed by atoms with Gasteiger partial charge in [0.2, 0.25) is 0 Å². The van der Waals surface area contributed by atoms with E-state index in [-0.39, 0.29) is 11.0 Å². The van der Waals surface area contributed by atoms with E-state index in [2.05, 4.69) is 24.8 Å². The average Bonchev–Trinajstić information content (AvgIpc) is 2.19. The summed E-state index contributed by atoms with van der Waals surface area (Å²) >= 11 is 3.81. The van der Waals surface area contributed by atoms with Crippen LogP contribution < -0.4 is 0 Å². The van der Waals surface area contributed by atoms with Crippen molar-refractivity contribution < 1.29 is 4.79 Å². The fourth-order valence-corrected chi connectivity index (χ4v) is 1.51. The van der Waals surface area contributed by atoms with Crippen LogP contribution in [0.15, 0.2) is 30.3 Å². The van der Waals surface area contributed by atoms with Crippen LogP contribution in [0.4, 0.5) is 0 Å². The zero-order valence-corrected chi connectivity index (χ0v) is 9.34. The van der Waals surface area contributed by atoms with Gasteiger partial charge >= 0.3 is 0 Å². The van der Waals surface area contributed by atoms with Gasteiger partial charge in [0, 0.05) is 5.92 Å². The van der Waals surface area contributed by atoms with Gasteiger partial charge < -0.3 is 0 Å². The first-order valence-electron chi connectivity index (χ1n) is 4.97. The van der Waals surface area contributed by atoms with E-state index in [0.717, 1.165) is 19.3 Å². The highest BCUT2D eigenvalue weighted by Gasteiger charge is 2.07. The van der Waals surface area contributed by atoms with E-state index in [9.17, 15) is 4.79 Å². The Bertz CT molecular complexity index is 282. The molecule has 1 rings (SSSR count). The monoisotopic (exact) mass is 208 g/mol. The minimum Gasteiger partial charge on any atom is -0.287 e. The molecule has 0 aliphatic rings. The van der Waals surface area contributed by atoms with Crippen molar-refractivity contribution in [2.75, 3.05) is 0 Å². The highest BCUT2D eigenvalue weighted by atomic mass is 32.1. The second-order valence-electron chi connectivity index (χ2n) is 3.62. The maximum Gasteiger partial charge on any atom is 0.188 e. The lowest BCUT2D eigenvalue weighted by molar-refractivity contribution is -0.113. The second-order valence-corrected chi connectivity index (χ2v) is 4.06. The van der Waals surface area contributed by atoms with E-state index < -0.39 is 0 Å². The lowest BCUT2D eigenvalue weighted by atomic mass is 10.0. The fraction of sp³-hybridized carbons (Fsp3) is 0.417. The number of hydrogen-bond acceptors (Lipinski definition) is 1. The number of aryl methyl sites for hydroxylation is 1. The predicted octanol–water partition coefficient (Wildman–Crippen LogP) is 3.10. The molecule has 1 aromatic rings. The molecule has 0 aromatic heterocycles. The molecule has 0 heterocycles. The Hall–Kier alpha value is -0.760. The van der Waals surface area contributed by atoms with Gasteiger partial charge in [0.15, 0.2) is 5.12 Å². The Labute approximate surface area is 90.9 Å². The number of rotatable bonds is 5. The normalized spacial score (nSPS) is 12.4. The molecule has 0 aliphatic heterocycles. The molecular weight excluding hydrogens is 192 g/mol. The Morgan fingerprint density at radius 1 is 1.36 bits per heavy atom. The van der Waals surface area contributed by atoms with E-state index in [4.69, 9.17) is 0 Å². The average molecular weight is 208 g/mol. The summed E-state index contributed by atoms with van der Waals surface area (Å²) in [7, 11) is 0. The second kappa shape index (κ2) is 5.86. The molecule has 1 aromatic carbocycles. The van der Waals surface area contributed by atoms with E-state index >= 15 is 0 Å². The largest absolute Gasteiger partial charge is 0.287 e. The molecule has 2 heteroatoms. The van der Waals surface area contributed by atoms with Crippen LogP contribution in [0.25, 0.3) is 0 Å². The lowest BCUT2D eigenvalue weighted by Gasteiger charge is -2.05. The summed E-state index contributed by atoms with van der Waals surface area (Å²) in [5.74, 6) is 0.0852. The molecule has 14 heavy (non-hydrogen) atoms. The third-order valence-electron chi connectivity index (χ3n) is 2.37. The van der Waals surface area contributed by atoms with Crippen molar-refractivity contribution >= 4 is 17.7 Å². The van der Waals surface area contributed by atoms with E-state index in [0.29, 0.717) is 0 Å². The van der Waals surface area contributed by atoms with Gasteiger partial charge in [-0.15, -0.1) is 12.6 Å². The van der Waals surface area contributed by atoms with Crippen molar-refractivity contribution in [3.05, 3.63) is 35.9 Å². The van der Waals surface area contributed by atoms with Crippen LogP contribution in [-0.4, -0.2) is 5.12 Å². The zero-order valence-electron chi connectivity index (χ0n) is 8.44. The highest BCUT2D eigenvalue weighted by Crippen LogP contribution is 2.12. The fourth-order valence-electron chi connectivity index (χ4n) is 1.38. The van der Waals surface area contributed by atoms with Crippen LogP contribution in [-0.2, 0) is 11.2 Å². The molecule has 0 saturated heterocycles. The first-order chi connectivity index (χ1) is 6.70. The molecule has 0 amide bonds. The lowest BCUT2D eigenvalue weighted by Crippen LogP contribution is -2.03. The topological polar surface area (TPSA) is 17.1 Å². The Balaban J connectivity index is 2.26. The molecule has 1 unspecified atom stereocenters. The van der Waals surface area contributed by atoms with Crippen LogP contribution in [0.1, 0.15) is 25.3 Å². The van der Waals surface area contributed by atoms with Crippen molar-refractivity contribution in [2.24, 2.45) is 5.92 Å². The number of carbonyl (C=O) groups excluding carboxylic acids is 1. The van der Waals surface area contributed by atoms with Gasteiger partial charge in [-0.05, 0) is 24.8 Å². The molecule has 0 spiro atoms. The zero-order chi connectivity index (χ0) is 10.4. The molecule has 0 radical (unpaired) electrons. The first kappa shape index (κ1) is 11.3. The van der Waals surface area contributed by atoms with Gasteiger partial charge in [-0.1, -0.05) is 37.3 Å². The van der Waals surface area contributed by atoms with Gasteiger partial charge in [-0.25, -0.2) is 0 Å². The molecule has 0 saturated carbocycles. The summed E-state index contributed by atoms with van der Waals surface area (Å²) in [5.41, 5.74) is 1.34. The van der Waals surface area contributed by atoms with Gasteiger partial charge in [0.05, 0.1) is 0 Å².